The van der Waals surface area contributed by atoms with Crippen LogP contribution < -0.4 is 4.90 Å². The first-order chi connectivity index (χ1) is 15.8. The lowest BCUT2D eigenvalue weighted by molar-refractivity contribution is -0.123. The van der Waals surface area contributed by atoms with Crippen LogP contribution in [-0.4, -0.2) is 61.7 Å². The van der Waals surface area contributed by atoms with E-state index in [1.165, 1.54) is 21.3 Å². The summed E-state index contributed by atoms with van der Waals surface area (Å²) in [5, 5.41) is 2.47. The summed E-state index contributed by atoms with van der Waals surface area (Å²) in [4.78, 5) is 29.3. The van der Waals surface area contributed by atoms with E-state index in [0.717, 1.165) is 10.8 Å². The number of anilines is 1. The van der Waals surface area contributed by atoms with Crippen molar-refractivity contribution in [3.05, 3.63) is 71.8 Å². The molecule has 2 heterocycles. The number of carbonyl (C=O) groups is 2. The van der Waals surface area contributed by atoms with Crippen molar-refractivity contribution in [2.45, 2.75) is 17.4 Å². The number of piperazine rings is 1. The summed E-state index contributed by atoms with van der Waals surface area (Å²) in [5.74, 6) is -0.499. The summed E-state index contributed by atoms with van der Waals surface area (Å²) < 4.78 is 27.3. The monoisotopic (exact) mass is 483 g/mol. The first kappa shape index (κ1) is 22.0. The first-order valence-electron chi connectivity index (χ1n) is 10.7. The maximum atomic E-state index is 13.2. The molecular weight excluding hydrogens is 462 g/mol. The topological polar surface area (TPSA) is 78.0 Å². The van der Waals surface area contributed by atoms with Crippen LogP contribution in [0.15, 0.2) is 71.6 Å². The van der Waals surface area contributed by atoms with Crippen molar-refractivity contribution in [1.29, 1.82) is 0 Å². The Morgan fingerprint density at radius 2 is 1.48 bits per heavy atom. The van der Waals surface area contributed by atoms with E-state index in [1.807, 2.05) is 41.3 Å². The standard InChI is InChI=1S/C24H22ClN3O4S/c25-19-6-9-21(10-7-19)33(31,32)27-13-11-26(12-14-27)22-16-23(29)28(24(22)30)20-8-5-17-3-1-2-4-18(17)15-20/h1-10,15,22H,11-14,16H2/t22-/m0/s1. The van der Waals surface area contributed by atoms with Gasteiger partial charge in [0, 0.05) is 31.2 Å². The number of imide groups is 1. The minimum Gasteiger partial charge on any atom is -0.289 e. The number of carbonyl (C=O) groups excluding carboxylic acids is 2. The number of sulfonamides is 1. The quantitative estimate of drug-likeness (QED) is 0.533. The SMILES string of the molecule is O=C1C[C@H](N2CCN(S(=O)(=O)c3ccc(Cl)cc3)CC2)C(=O)N1c1ccc2ccccc2c1. The van der Waals surface area contributed by atoms with Crippen LogP contribution in [-0.2, 0) is 19.6 Å². The average Bonchev–Trinajstić information content (AvgIpc) is 3.13. The van der Waals surface area contributed by atoms with Gasteiger partial charge >= 0.3 is 0 Å². The van der Waals surface area contributed by atoms with Crippen LogP contribution in [0.2, 0.25) is 5.02 Å². The van der Waals surface area contributed by atoms with Gasteiger partial charge < -0.3 is 0 Å². The number of fused-ring (bicyclic) bond motifs is 1. The zero-order valence-electron chi connectivity index (χ0n) is 17.7. The molecule has 2 aliphatic rings. The Bertz CT molecular complexity index is 1340. The van der Waals surface area contributed by atoms with E-state index in [-0.39, 0.29) is 36.2 Å². The lowest BCUT2D eigenvalue weighted by Crippen LogP contribution is -2.53. The van der Waals surface area contributed by atoms with Gasteiger partial charge in [0.15, 0.2) is 0 Å². The molecule has 0 aromatic heterocycles. The van der Waals surface area contributed by atoms with Gasteiger partial charge in [0.2, 0.25) is 15.9 Å². The van der Waals surface area contributed by atoms with Crippen LogP contribution >= 0.6 is 11.6 Å². The van der Waals surface area contributed by atoms with E-state index in [4.69, 9.17) is 11.6 Å². The third-order valence-electron chi connectivity index (χ3n) is 6.28. The fourth-order valence-electron chi connectivity index (χ4n) is 4.50. The number of nitrogens with zero attached hydrogens (tertiary/aromatic N) is 3. The molecule has 0 aliphatic carbocycles. The Labute approximate surface area is 197 Å². The molecular formula is C24H22ClN3O4S. The molecule has 9 heteroatoms. The van der Waals surface area contributed by atoms with E-state index in [2.05, 4.69) is 0 Å². The van der Waals surface area contributed by atoms with Crippen molar-refractivity contribution < 1.29 is 18.0 Å². The molecule has 2 fully saturated rings. The van der Waals surface area contributed by atoms with E-state index in [0.29, 0.717) is 23.8 Å². The van der Waals surface area contributed by atoms with Crippen LogP contribution in [0.25, 0.3) is 10.8 Å². The highest BCUT2D eigenvalue weighted by Crippen LogP contribution is 2.29. The maximum Gasteiger partial charge on any atom is 0.251 e. The summed E-state index contributed by atoms with van der Waals surface area (Å²) in [6.07, 6.45) is 0.0929. The van der Waals surface area contributed by atoms with Gasteiger partial charge in [0.1, 0.15) is 0 Å². The van der Waals surface area contributed by atoms with Gasteiger partial charge in [-0.1, -0.05) is 41.9 Å². The molecule has 170 valence electrons. The minimum absolute atomic E-state index is 0.0929. The van der Waals surface area contributed by atoms with E-state index in [9.17, 15) is 18.0 Å². The van der Waals surface area contributed by atoms with Gasteiger partial charge in [-0.05, 0) is 47.2 Å². The largest absolute Gasteiger partial charge is 0.289 e. The van der Waals surface area contributed by atoms with Crippen molar-refractivity contribution in [3.63, 3.8) is 0 Å². The third-order valence-corrected chi connectivity index (χ3v) is 8.44. The van der Waals surface area contributed by atoms with Crippen LogP contribution in [0.5, 0.6) is 0 Å². The van der Waals surface area contributed by atoms with Gasteiger partial charge in [-0.25, -0.2) is 13.3 Å². The molecule has 0 N–H and O–H groups in total. The second kappa shape index (κ2) is 8.53. The average molecular weight is 484 g/mol. The van der Waals surface area contributed by atoms with Gasteiger partial charge in [0.25, 0.3) is 5.91 Å². The van der Waals surface area contributed by atoms with E-state index in [1.54, 1.807) is 18.2 Å². The zero-order valence-corrected chi connectivity index (χ0v) is 19.3. The lowest BCUT2D eigenvalue weighted by atomic mass is 10.1. The molecule has 1 atom stereocenters. The number of benzene rings is 3. The molecule has 0 unspecified atom stereocenters. The Morgan fingerprint density at radius 3 is 2.18 bits per heavy atom. The normalized spacial score (nSPS) is 20.6. The van der Waals surface area contributed by atoms with Gasteiger partial charge in [-0.2, -0.15) is 4.31 Å². The molecule has 2 amide bonds. The molecule has 3 aromatic carbocycles. The number of amides is 2. The molecule has 0 saturated carbocycles. The molecule has 33 heavy (non-hydrogen) atoms. The van der Waals surface area contributed by atoms with Crippen molar-refractivity contribution >= 4 is 49.9 Å². The Balaban J connectivity index is 1.29. The van der Waals surface area contributed by atoms with Crippen molar-refractivity contribution in [2.24, 2.45) is 0 Å². The van der Waals surface area contributed by atoms with Crippen LogP contribution in [0.4, 0.5) is 5.69 Å². The molecule has 5 rings (SSSR count). The summed E-state index contributed by atoms with van der Waals surface area (Å²) in [6.45, 7) is 1.25. The molecule has 7 nitrogen and oxygen atoms in total. The number of rotatable bonds is 4. The molecule has 0 bridgehead atoms. The fraction of sp³-hybridized carbons (Fsp3) is 0.250. The third kappa shape index (κ3) is 4.04. The highest BCUT2D eigenvalue weighted by molar-refractivity contribution is 7.89. The highest BCUT2D eigenvalue weighted by Gasteiger charge is 2.44. The molecule has 3 aromatic rings. The Hall–Kier alpha value is -2.78. The van der Waals surface area contributed by atoms with Crippen LogP contribution in [0.1, 0.15) is 6.42 Å². The summed E-state index contributed by atoms with van der Waals surface area (Å²) >= 11 is 5.87. The molecule has 0 radical (unpaired) electrons. The number of hydrogen-bond acceptors (Lipinski definition) is 5. The number of hydrogen-bond donors (Lipinski definition) is 0. The van der Waals surface area contributed by atoms with Crippen LogP contribution in [0.3, 0.4) is 0 Å². The summed E-state index contributed by atoms with van der Waals surface area (Å²) in [6, 6.07) is 18.8. The number of halogens is 1. The van der Waals surface area contributed by atoms with Crippen molar-refractivity contribution in [3.8, 4) is 0 Å². The summed E-state index contributed by atoms with van der Waals surface area (Å²) in [5.41, 5.74) is 0.565. The van der Waals surface area contributed by atoms with E-state index >= 15 is 0 Å². The molecule has 2 aliphatic heterocycles. The maximum absolute atomic E-state index is 13.2. The zero-order chi connectivity index (χ0) is 23.2. The van der Waals surface area contributed by atoms with Gasteiger partial charge in [-0.15, -0.1) is 0 Å². The van der Waals surface area contributed by atoms with Crippen LogP contribution in [0, 0.1) is 0 Å². The predicted octanol–water partition coefficient (Wildman–Crippen LogP) is 3.13. The fourth-order valence-corrected chi connectivity index (χ4v) is 6.05. The first-order valence-corrected chi connectivity index (χ1v) is 12.5. The van der Waals surface area contributed by atoms with Crippen molar-refractivity contribution in [1.82, 2.24) is 9.21 Å². The van der Waals surface area contributed by atoms with E-state index < -0.39 is 16.1 Å². The Morgan fingerprint density at radius 1 is 0.818 bits per heavy atom. The highest BCUT2D eigenvalue weighted by atomic mass is 35.5. The Kier molecular flexibility index (Phi) is 5.70. The van der Waals surface area contributed by atoms with Gasteiger partial charge in [-0.3, -0.25) is 14.5 Å². The molecule has 0 spiro atoms. The van der Waals surface area contributed by atoms with Crippen molar-refractivity contribution in [2.75, 3.05) is 31.1 Å². The molecule has 2 saturated heterocycles. The predicted molar refractivity (Wildman–Crippen MR) is 127 cm³/mol. The lowest BCUT2D eigenvalue weighted by Gasteiger charge is -2.36. The second-order valence-electron chi connectivity index (χ2n) is 8.21. The minimum atomic E-state index is -3.64. The second-order valence-corrected chi connectivity index (χ2v) is 10.6. The summed E-state index contributed by atoms with van der Waals surface area (Å²) in [7, 11) is -3.64. The smallest absolute Gasteiger partial charge is 0.251 e. The van der Waals surface area contributed by atoms with Gasteiger partial charge in [0.05, 0.1) is 23.0 Å².